The number of aliphatic hydroxyl groups excluding tert-OH is 1. The van der Waals surface area contributed by atoms with Crippen molar-refractivity contribution in [3.05, 3.63) is 59.9 Å². The Morgan fingerprint density at radius 2 is 1.95 bits per heavy atom. The minimum absolute atomic E-state index is 0.558. The van der Waals surface area contributed by atoms with Gasteiger partial charge in [0.05, 0.1) is 11.9 Å². The van der Waals surface area contributed by atoms with Crippen LogP contribution in [0.25, 0.3) is 10.8 Å². The first-order valence-electron chi connectivity index (χ1n) is 6.25. The van der Waals surface area contributed by atoms with Gasteiger partial charge < -0.3 is 5.11 Å². The molecule has 3 rings (SSSR count). The van der Waals surface area contributed by atoms with E-state index in [-0.39, 0.29) is 0 Å². The quantitative estimate of drug-likeness (QED) is 0.779. The zero-order valence-corrected chi connectivity index (χ0v) is 10.7. The fourth-order valence-electron chi connectivity index (χ4n) is 2.38. The van der Waals surface area contributed by atoms with Gasteiger partial charge in [-0.15, -0.1) is 5.10 Å². The maximum absolute atomic E-state index is 10.3. The van der Waals surface area contributed by atoms with Crippen molar-refractivity contribution in [2.24, 2.45) is 7.05 Å². The average molecular weight is 253 g/mol. The second kappa shape index (κ2) is 4.82. The molecule has 1 N–H and O–H groups in total. The smallest absolute Gasteiger partial charge is 0.101 e. The predicted octanol–water partition coefficient (Wildman–Crippen LogP) is 2.24. The lowest BCUT2D eigenvalue weighted by atomic mass is 9.99. The Hall–Kier alpha value is -2.20. The number of aromatic nitrogens is 3. The van der Waals surface area contributed by atoms with E-state index in [4.69, 9.17) is 0 Å². The molecule has 1 atom stereocenters. The molecule has 4 nitrogen and oxygen atoms in total. The third kappa shape index (κ3) is 2.22. The van der Waals surface area contributed by atoms with E-state index in [1.54, 1.807) is 17.9 Å². The number of nitrogens with zero attached hydrogens (tertiary/aromatic N) is 3. The topological polar surface area (TPSA) is 50.9 Å². The van der Waals surface area contributed by atoms with E-state index in [2.05, 4.69) is 34.6 Å². The van der Waals surface area contributed by atoms with Crippen molar-refractivity contribution in [2.45, 2.75) is 12.5 Å². The van der Waals surface area contributed by atoms with Crippen LogP contribution in [-0.2, 0) is 13.5 Å². The van der Waals surface area contributed by atoms with Crippen molar-refractivity contribution in [3.63, 3.8) is 0 Å². The summed E-state index contributed by atoms with van der Waals surface area (Å²) in [5.74, 6) is 0. The fourth-order valence-corrected chi connectivity index (χ4v) is 2.38. The van der Waals surface area contributed by atoms with Gasteiger partial charge in [-0.05, 0) is 16.3 Å². The van der Waals surface area contributed by atoms with Crippen molar-refractivity contribution in [3.8, 4) is 0 Å². The van der Waals surface area contributed by atoms with Crippen molar-refractivity contribution >= 4 is 10.8 Å². The summed E-state index contributed by atoms with van der Waals surface area (Å²) >= 11 is 0. The second-order valence-electron chi connectivity index (χ2n) is 4.64. The molecular formula is C15H15N3O. The summed E-state index contributed by atoms with van der Waals surface area (Å²) in [7, 11) is 1.79. The summed E-state index contributed by atoms with van der Waals surface area (Å²) in [4.78, 5) is 0. The Morgan fingerprint density at radius 3 is 2.74 bits per heavy atom. The summed E-state index contributed by atoms with van der Waals surface area (Å²) in [6, 6.07) is 14.4. The number of fused-ring (bicyclic) bond motifs is 1. The number of hydrogen-bond donors (Lipinski definition) is 1. The zero-order valence-electron chi connectivity index (χ0n) is 10.7. The Morgan fingerprint density at radius 1 is 1.16 bits per heavy atom. The van der Waals surface area contributed by atoms with Crippen molar-refractivity contribution in [2.75, 3.05) is 0 Å². The standard InChI is InChI=1S/C15H15N3O/c1-18-14(10-16-17-18)15(19)9-12-7-4-6-11-5-2-3-8-13(11)12/h2-8,10,15,19H,9H2,1H3. The van der Waals surface area contributed by atoms with Gasteiger partial charge in [-0.2, -0.15) is 0 Å². The van der Waals surface area contributed by atoms with E-state index in [9.17, 15) is 5.11 Å². The van der Waals surface area contributed by atoms with Crippen molar-refractivity contribution in [1.82, 2.24) is 15.0 Å². The van der Waals surface area contributed by atoms with E-state index in [0.717, 1.165) is 11.3 Å². The van der Waals surface area contributed by atoms with Gasteiger partial charge in [0.2, 0.25) is 0 Å². The second-order valence-corrected chi connectivity index (χ2v) is 4.64. The van der Waals surface area contributed by atoms with E-state index in [0.29, 0.717) is 6.42 Å². The molecule has 19 heavy (non-hydrogen) atoms. The molecule has 1 heterocycles. The summed E-state index contributed by atoms with van der Waals surface area (Å²) < 4.78 is 1.61. The van der Waals surface area contributed by atoms with Crippen LogP contribution in [0.4, 0.5) is 0 Å². The molecule has 1 unspecified atom stereocenters. The molecule has 2 aromatic carbocycles. The molecule has 0 saturated carbocycles. The van der Waals surface area contributed by atoms with Gasteiger partial charge in [0, 0.05) is 13.5 Å². The van der Waals surface area contributed by atoms with Gasteiger partial charge in [0.1, 0.15) is 6.10 Å². The first-order chi connectivity index (χ1) is 9.25. The van der Waals surface area contributed by atoms with Crippen LogP contribution in [0, 0.1) is 0 Å². The SMILES string of the molecule is Cn1nncc1C(O)Cc1cccc2ccccc12. The highest BCUT2D eigenvalue weighted by Crippen LogP contribution is 2.23. The van der Waals surface area contributed by atoms with Crippen LogP contribution in [0.2, 0.25) is 0 Å². The van der Waals surface area contributed by atoms with E-state index in [1.807, 2.05) is 18.2 Å². The van der Waals surface area contributed by atoms with E-state index >= 15 is 0 Å². The lowest BCUT2D eigenvalue weighted by Gasteiger charge is -2.12. The summed E-state index contributed by atoms with van der Waals surface area (Å²) in [5, 5.41) is 20.3. The lowest BCUT2D eigenvalue weighted by Crippen LogP contribution is -2.08. The average Bonchev–Trinajstić information content (AvgIpc) is 2.85. The molecular weight excluding hydrogens is 238 g/mol. The minimum atomic E-state index is -0.592. The van der Waals surface area contributed by atoms with Crippen LogP contribution in [0.3, 0.4) is 0 Å². The lowest BCUT2D eigenvalue weighted by molar-refractivity contribution is 0.169. The monoisotopic (exact) mass is 253 g/mol. The fraction of sp³-hybridized carbons (Fsp3) is 0.200. The van der Waals surface area contributed by atoms with Gasteiger partial charge in [-0.3, -0.25) is 0 Å². The molecule has 0 bridgehead atoms. The maximum atomic E-state index is 10.3. The summed E-state index contributed by atoms with van der Waals surface area (Å²) in [6.45, 7) is 0. The summed E-state index contributed by atoms with van der Waals surface area (Å²) in [5.41, 5.74) is 1.86. The normalized spacial score (nSPS) is 12.7. The first kappa shape index (κ1) is 11.9. The Kier molecular flexibility index (Phi) is 3.01. The zero-order chi connectivity index (χ0) is 13.2. The number of hydrogen-bond acceptors (Lipinski definition) is 3. The highest BCUT2D eigenvalue weighted by molar-refractivity contribution is 5.85. The molecule has 0 aliphatic heterocycles. The van der Waals surface area contributed by atoms with Gasteiger partial charge in [-0.1, -0.05) is 47.7 Å². The van der Waals surface area contributed by atoms with Crippen molar-refractivity contribution in [1.29, 1.82) is 0 Å². The van der Waals surface area contributed by atoms with Gasteiger partial charge in [-0.25, -0.2) is 4.68 Å². The molecule has 0 aliphatic carbocycles. The maximum Gasteiger partial charge on any atom is 0.101 e. The molecule has 3 aromatic rings. The van der Waals surface area contributed by atoms with Crippen molar-refractivity contribution < 1.29 is 5.11 Å². The number of benzene rings is 2. The molecule has 0 fully saturated rings. The van der Waals surface area contributed by atoms with E-state index < -0.39 is 6.10 Å². The molecule has 0 amide bonds. The number of aliphatic hydroxyl groups is 1. The Labute approximate surface area is 111 Å². The largest absolute Gasteiger partial charge is 0.386 e. The van der Waals surface area contributed by atoms with Crippen LogP contribution in [-0.4, -0.2) is 20.1 Å². The Balaban J connectivity index is 1.96. The van der Waals surface area contributed by atoms with Crippen LogP contribution in [0.15, 0.2) is 48.7 Å². The molecule has 0 spiro atoms. The van der Waals surface area contributed by atoms with Gasteiger partial charge >= 0.3 is 0 Å². The van der Waals surface area contributed by atoms with Crippen LogP contribution in [0.1, 0.15) is 17.4 Å². The molecule has 0 radical (unpaired) electrons. The van der Waals surface area contributed by atoms with E-state index in [1.165, 1.54) is 10.8 Å². The van der Waals surface area contributed by atoms with Crippen LogP contribution >= 0.6 is 0 Å². The minimum Gasteiger partial charge on any atom is -0.386 e. The first-order valence-corrected chi connectivity index (χ1v) is 6.25. The Bertz CT molecular complexity index is 700. The van der Waals surface area contributed by atoms with Crippen LogP contribution < -0.4 is 0 Å². The molecule has 4 heteroatoms. The third-order valence-corrected chi connectivity index (χ3v) is 3.38. The number of rotatable bonds is 3. The third-order valence-electron chi connectivity index (χ3n) is 3.38. The van der Waals surface area contributed by atoms with Gasteiger partial charge in [0.25, 0.3) is 0 Å². The number of aryl methyl sites for hydroxylation is 1. The highest BCUT2D eigenvalue weighted by Gasteiger charge is 2.14. The molecule has 1 aromatic heterocycles. The predicted molar refractivity (Wildman–Crippen MR) is 73.6 cm³/mol. The highest BCUT2D eigenvalue weighted by atomic mass is 16.3. The molecule has 0 aliphatic rings. The summed E-state index contributed by atoms with van der Waals surface area (Å²) in [6.07, 6.45) is 1.57. The van der Waals surface area contributed by atoms with Gasteiger partial charge in [0.15, 0.2) is 0 Å². The molecule has 96 valence electrons. The van der Waals surface area contributed by atoms with Crippen LogP contribution in [0.5, 0.6) is 0 Å². The molecule has 0 saturated heterocycles.